The van der Waals surface area contributed by atoms with Gasteiger partial charge in [-0.05, 0) is 11.6 Å². The Morgan fingerprint density at radius 2 is 1.95 bits per heavy atom. The first-order chi connectivity index (χ1) is 9.86. The first kappa shape index (κ1) is 15.5. The monoisotopic (exact) mass is 298 g/mol. The standard InChI is InChI=1S/C14H17F3N4/c1-10(2)18-7-12-9-21(20-19-12)8-11-5-3-4-6-13(11)14(15,16)17/h3-6,9-10,18H,7-8H2,1-2H3. The molecule has 0 spiro atoms. The minimum absolute atomic E-state index is 0.0460. The molecule has 4 nitrogen and oxygen atoms in total. The van der Waals surface area contributed by atoms with E-state index in [2.05, 4.69) is 15.6 Å². The molecule has 0 unspecified atom stereocenters. The number of hydrogen-bond acceptors (Lipinski definition) is 3. The van der Waals surface area contributed by atoms with Crippen LogP contribution in [-0.2, 0) is 19.3 Å². The van der Waals surface area contributed by atoms with Crippen molar-refractivity contribution in [3.05, 3.63) is 47.3 Å². The predicted octanol–water partition coefficient (Wildman–Crippen LogP) is 2.84. The lowest BCUT2D eigenvalue weighted by Crippen LogP contribution is -2.21. The van der Waals surface area contributed by atoms with Crippen LogP contribution >= 0.6 is 0 Å². The molecule has 7 heteroatoms. The van der Waals surface area contributed by atoms with Gasteiger partial charge in [0.1, 0.15) is 0 Å². The summed E-state index contributed by atoms with van der Waals surface area (Å²) in [5.41, 5.74) is 0.244. The smallest absolute Gasteiger partial charge is 0.309 e. The second kappa shape index (κ2) is 6.26. The fraction of sp³-hybridized carbons (Fsp3) is 0.429. The largest absolute Gasteiger partial charge is 0.416 e. The van der Waals surface area contributed by atoms with Gasteiger partial charge in [-0.15, -0.1) is 5.10 Å². The summed E-state index contributed by atoms with van der Waals surface area (Å²) in [6, 6.07) is 5.81. The van der Waals surface area contributed by atoms with Crippen LogP contribution in [0.4, 0.5) is 13.2 Å². The number of hydrogen-bond donors (Lipinski definition) is 1. The van der Waals surface area contributed by atoms with E-state index in [-0.39, 0.29) is 12.1 Å². The van der Waals surface area contributed by atoms with Crippen LogP contribution in [0.25, 0.3) is 0 Å². The van der Waals surface area contributed by atoms with Gasteiger partial charge in [0.2, 0.25) is 0 Å². The molecule has 0 fully saturated rings. The van der Waals surface area contributed by atoms with Gasteiger partial charge in [0.15, 0.2) is 0 Å². The zero-order valence-corrected chi connectivity index (χ0v) is 11.9. The van der Waals surface area contributed by atoms with E-state index < -0.39 is 11.7 Å². The van der Waals surface area contributed by atoms with Gasteiger partial charge in [-0.2, -0.15) is 13.2 Å². The maximum atomic E-state index is 12.9. The van der Waals surface area contributed by atoms with Gasteiger partial charge in [-0.3, -0.25) is 0 Å². The predicted molar refractivity (Wildman–Crippen MR) is 72.5 cm³/mol. The van der Waals surface area contributed by atoms with E-state index in [0.29, 0.717) is 18.3 Å². The minimum Gasteiger partial charge on any atom is -0.309 e. The third kappa shape index (κ3) is 4.29. The van der Waals surface area contributed by atoms with Gasteiger partial charge in [0, 0.05) is 12.6 Å². The average Bonchev–Trinajstić information content (AvgIpc) is 2.83. The molecule has 1 N–H and O–H groups in total. The van der Waals surface area contributed by atoms with Gasteiger partial charge < -0.3 is 5.32 Å². The Hall–Kier alpha value is -1.89. The molecule has 0 aliphatic heterocycles. The van der Waals surface area contributed by atoms with E-state index >= 15 is 0 Å². The van der Waals surface area contributed by atoms with E-state index in [1.807, 2.05) is 13.8 Å². The summed E-state index contributed by atoms with van der Waals surface area (Å²) in [6.07, 6.45) is -2.71. The molecule has 1 heterocycles. The first-order valence-electron chi connectivity index (χ1n) is 6.64. The molecular weight excluding hydrogens is 281 g/mol. The van der Waals surface area contributed by atoms with E-state index in [9.17, 15) is 13.2 Å². The quantitative estimate of drug-likeness (QED) is 0.923. The zero-order chi connectivity index (χ0) is 15.5. The first-order valence-corrected chi connectivity index (χ1v) is 6.64. The SMILES string of the molecule is CC(C)NCc1cn(Cc2ccccc2C(F)(F)F)nn1. The summed E-state index contributed by atoms with van der Waals surface area (Å²) in [4.78, 5) is 0. The lowest BCUT2D eigenvalue weighted by atomic mass is 10.1. The Labute approximate surface area is 121 Å². The van der Waals surface area contributed by atoms with Crippen LogP contribution in [0.3, 0.4) is 0 Å². The van der Waals surface area contributed by atoms with Crippen molar-refractivity contribution < 1.29 is 13.2 Å². The van der Waals surface area contributed by atoms with Crippen LogP contribution in [-0.4, -0.2) is 21.0 Å². The number of aromatic nitrogens is 3. The fourth-order valence-corrected chi connectivity index (χ4v) is 1.91. The summed E-state index contributed by atoms with van der Waals surface area (Å²) >= 11 is 0. The van der Waals surface area contributed by atoms with Crippen LogP contribution in [0.1, 0.15) is 30.7 Å². The number of nitrogens with one attached hydrogen (secondary N) is 1. The van der Waals surface area contributed by atoms with Gasteiger partial charge in [-0.1, -0.05) is 37.3 Å². The third-order valence-corrected chi connectivity index (χ3v) is 2.93. The Morgan fingerprint density at radius 1 is 1.24 bits per heavy atom. The van der Waals surface area contributed by atoms with Crippen molar-refractivity contribution >= 4 is 0 Å². The molecule has 1 aromatic heterocycles. The second-order valence-corrected chi connectivity index (χ2v) is 5.10. The number of alkyl halides is 3. The van der Waals surface area contributed by atoms with Crippen molar-refractivity contribution in [3.8, 4) is 0 Å². The summed E-state index contributed by atoms with van der Waals surface area (Å²) in [6.45, 7) is 4.59. The van der Waals surface area contributed by atoms with Crippen LogP contribution in [0.15, 0.2) is 30.5 Å². The summed E-state index contributed by atoms with van der Waals surface area (Å²) in [7, 11) is 0. The Morgan fingerprint density at radius 3 is 2.62 bits per heavy atom. The van der Waals surface area contributed by atoms with Crippen LogP contribution < -0.4 is 5.32 Å². The third-order valence-electron chi connectivity index (χ3n) is 2.93. The molecule has 2 aromatic rings. The summed E-state index contributed by atoms with van der Waals surface area (Å²) in [5.74, 6) is 0. The highest BCUT2D eigenvalue weighted by Crippen LogP contribution is 2.32. The van der Waals surface area contributed by atoms with Crippen LogP contribution in [0.2, 0.25) is 0 Å². The molecule has 0 saturated heterocycles. The molecule has 114 valence electrons. The van der Waals surface area contributed by atoms with Gasteiger partial charge in [-0.25, -0.2) is 4.68 Å². The van der Waals surface area contributed by atoms with Gasteiger partial charge in [0.25, 0.3) is 0 Å². The maximum absolute atomic E-state index is 12.9. The molecule has 0 atom stereocenters. The van der Waals surface area contributed by atoms with E-state index in [0.717, 1.165) is 6.07 Å². The molecule has 0 saturated carbocycles. The lowest BCUT2D eigenvalue weighted by molar-refractivity contribution is -0.138. The number of rotatable bonds is 5. The Bertz CT molecular complexity index is 590. The van der Waals surface area contributed by atoms with Gasteiger partial charge in [0.05, 0.1) is 24.0 Å². The van der Waals surface area contributed by atoms with Crippen LogP contribution in [0.5, 0.6) is 0 Å². The van der Waals surface area contributed by atoms with Crippen LogP contribution in [0, 0.1) is 0 Å². The molecule has 0 radical (unpaired) electrons. The molecule has 0 amide bonds. The van der Waals surface area contributed by atoms with Crippen molar-refractivity contribution in [1.29, 1.82) is 0 Å². The van der Waals surface area contributed by atoms with Gasteiger partial charge >= 0.3 is 6.18 Å². The highest BCUT2D eigenvalue weighted by atomic mass is 19.4. The Kier molecular flexibility index (Phi) is 4.62. The Balaban J connectivity index is 2.12. The number of benzene rings is 1. The summed E-state index contributed by atoms with van der Waals surface area (Å²) in [5, 5.41) is 11.0. The summed E-state index contributed by atoms with van der Waals surface area (Å²) < 4.78 is 40.2. The second-order valence-electron chi connectivity index (χ2n) is 5.10. The molecule has 1 aromatic carbocycles. The molecule has 0 bridgehead atoms. The van der Waals surface area contributed by atoms with Crippen molar-refractivity contribution in [2.45, 2.75) is 39.2 Å². The van der Waals surface area contributed by atoms with Crippen molar-refractivity contribution in [1.82, 2.24) is 20.3 Å². The minimum atomic E-state index is -4.36. The van der Waals surface area contributed by atoms with E-state index in [4.69, 9.17) is 0 Å². The molecular formula is C14H17F3N4. The van der Waals surface area contributed by atoms with Crippen molar-refractivity contribution in [3.63, 3.8) is 0 Å². The van der Waals surface area contributed by atoms with E-state index in [1.165, 1.54) is 16.8 Å². The fourth-order valence-electron chi connectivity index (χ4n) is 1.91. The number of halogens is 3. The van der Waals surface area contributed by atoms with Crippen molar-refractivity contribution in [2.75, 3.05) is 0 Å². The number of nitrogens with zero attached hydrogens (tertiary/aromatic N) is 3. The highest BCUT2D eigenvalue weighted by molar-refractivity contribution is 5.29. The molecule has 0 aliphatic rings. The normalized spacial score (nSPS) is 12.1. The maximum Gasteiger partial charge on any atom is 0.416 e. The molecule has 2 rings (SSSR count). The van der Waals surface area contributed by atoms with E-state index in [1.54, 1.807) is 12.3 Å². The zero-order valence-electron chi connectivity index (χ0n) is 11.9. The topological polar surface area (TPSA) is 42.7 Å². The highest BCUT2D eigenvalue weighted by Gasteiger charge is 2.32. The molecule has 21 heavy (non-hydrogen) atoms. The van der Waals surface area contributed by atoms with Crippen molar-refractivity contribution in [2.24, 2.45) is 0 Å². The average molecular weight is 298 g/mol. The lowest BCUT2D eigenvalue weighted by Gasteiger charge is -2.12. The molecule has 0 aliphatic carbocycles.